The van der Waals surface area contributed by atoms with E-state index in [1.54, 1.807) is 0 Å². The van der Waals surface area contributed by atoms with Crippen LogP contribution in [-0.2, 0) is 0 Å². The van der Waals surface area contributed by atoms with Gasteiger partial charge in [-0.25, -0.2) is 0 Å². The van der Waals surface area contributed by atoms with Gasteiger partial charge in [-0.3, -0.25) is 15.1 Å². The van der Waals surface area contributed by atoms with Gasteiger partial charge < -0.3 is 0 Å². The smallest absolute Gasteiger partial charge is 0.116 e. The van der Waals surface area contributed by atoms with E-state index in [0.29, 0.717) is 6.04 Å². The highest BCUT2D eigenvalue weighted by Gasteiger charge is 2.33. The summed E-state index contributed by atoms with van der Waals surface area (Å²) in [5.41, 5.74) is -0.426. The van der Waals surface area contributed by atoms with Crippen molar-refractivity contribution in [3.8, 4) is 6.07 Å². The fourth-order valence-corrected chi connectivity index (χ4v) is 3.56. The molecular formula is C15H28N4. The lowest BCUT2D eigenvalue weighted by molar-refractivity contribution is 0.0404. The van der Waals surface area contributed by atoms with Gasteiger partial charge in [0.25, 0.3) is 0 Å². The van der Waals surface area contributed by atoms with Crippen LogP contribution in [0.2, 0.25) is 0 Å². The third kappa shape index (κ3) is 3.92. The average Bonchev–Trinajstić information content (AvgIpc) is 2.37. The maximum Gasteiger partial charge on any atom is 0.116 e. The van der Waals surface area contributed by atoms with Crippen LogP contribution >= 0.6 is 0 Å². The Hall–Kier alpha value is -0.630. The Morgan fingerprint density at radius 3 is 2.79 bits per heavy atom. The third-order valence-corrected chi connectivity index (χ3v) is 4.32. The van der Waals surface area contributed by atoms with Gasteiger partial charge in [-0.1, -0.05) is 6.42 Å². The second-order valence-corrected chi connectivity index (χ2v) is 6.66. The van der Waals surface area contributed by atoms with Crippen LogP contribution in [0.4, 0.5) is 0 Å². The van der Waals surface area contributed by atoms with E-state index < -0.39 is 5.54 Å². The Bertz CT molecular complexity index is 336. The summed E-state index contributed by atoms with van der Waals surface area (Å²) in [6.45, 7) is 11.8. The summed E-state index contributed by atoms with van der Waals surface area (Å²) in [4.78, 5) is 5.12. The zero-order valence-corrected chi connectivity index (χ0v) is 12.7. The summed E-state index contributed by atoms with van der Waals surface area (Å²) in [7, 11) is 0. The fourth-order valence-electron chi connectivity index (χ4n) is 3.56. The van der Waals surface area contributed by atoms with E-state index in [1.165, 1.54) is 32.4 Å². The zero-order chi connectivity index (χ0) is 13.9. The van der Waals surface area contributed by atoms with Crippen LogP contribution < -0.4 is 5.32 Å². The topological polar surface area (TPSA) is 42.3 Å². The van der Waals surface area contributed by atoms with Crippen molar-refractivity contribution < 1.29 is 0 Å². The number of nitriles is 1. The first-order valence-electron chi connectivity index (χ1n) is 7.68. The number of piperazine rings is 1. The second kappa shape index (κ2) is 6.21. The predicted molar refractivity (Wildman–Crippen MR) is 77.9 cm³/mol. The van der Waals surface area contributed by atoms with Crippen LogP contribution in [0.15, 0.2) is 0 Å². The van der Waals surface area contributed by atoms with Crippen molar-refractivity contribution in [2.24, 2.45) is 0 Å². The van der Waals surface area contributed by atoms with Gasteiger partial charge in [-0.2, -0.15) is 5.26 Å². The van der Waals surface area contributed by atoms with Gasteiger partial charge in [-0.05, 0) is 40.2 Å². The lowest BCUT2D eigenvalue weighted by atomic mass is 9.97. The molecule has 2 aliphatic rings. The maximum atomic E-state index is 9.45. The molecule has 2 saturated heterocycles. The maximum absolute atomic E-state index is 9.45. The number of nitrogens with zero attached hydrogens (tertiary/aromatic N) is 3. The Morgan fingerprint density at radius 1 is 1.32 bits per heavy atom. The summed E-state index contributed by atoms with van der Waals surface area (Å²) >= 11 is 0. The Balaban J connectivity index is 1.90. The molecular weight excluding hydrogens is 236 g/mol. The summed E-state index contributed by atoms with van der Waals surface area (Å²) < 4.78 is 0. The summed E-state index contributed by atoms with van der Waals surface area (Å²) in [6.07, 6.45) is 4.06. The quantitative estimate of drug-likeness (QED) is 0.834. The van der Waals surface area contributed by atoms with E-state index >= 15 is 0 Å². The first-order chi connectivity index (χ1) is 9.02. The van der Waals surface area contributed by atoms with E-state index in [2.05, 4.69) is 35.0 Å². The number of fused-ring (bicyclic) bond motifs is 1. The lowest BCUT2D eigenvalue weighted by Crippen LogP contribution is -2.60. The highest BCUT2D eigenvalue weighted by Crippen LogP contribution is 2.22. The van der Waals surface area contributed by atoms with Crippen molar-refractivity contribution >= 4 is 0 Å². The molecule has 2 aliphatic heterocycles. The molecule has 0 aromatic rings. The molecule has 2 heterocycles. The Kier molecular flexibility index (Phi) is 4.83. The van der Waals surface area contributed by atoms with Gasteiger partial charge in [0, 0.05) is 38.3 Å². The minimum absolute atomic E-state index is 0.348. The predicted octanol–water partition coefficient (Wildman–Crippen LogP) is 1.44. The minimum Gasteiger partial charge on any atom is -0.298 e. The zero-order valence-electron chi connectivity index (χ0n) is 12.7. The van der Waals surface area contributed by atoms with Gasteiger partial charge in [0.1, 0.15) is 5.54 Å². The normalized spacial score (nSPS) is 28.7. The molecule has 2 rings (SSSR count). The minimum atomic E-state index is -0.426. The van der Waals surface area contributed by atoms with E-state index in [9.17, 15) is 5.26 Å². The number of hydrogen-bond donors (Lipinski definition) is 1. The molecule has 4 nitrogen and oxygen atoms in total. The van der Waals surface area contributed by atoms with Crippen molar-refractivity contribution in [1.82, 2.24) is 15.1 Å². The van der Waals surface area contributed by atoms with Crippen LogP contribution in [0.5, 0.6) is 0 Å². The molecule has 19 heavy (non-hydrogen) atoms. The van der Waals surface area contributed by atoms with Gasteiger partial charge in [0.2, 0.25) is 0 Å². The molecule has 4 heteroatoms. The first kappa shape index (κ1) is 14.8. The fraction of sp³-hybridized carbons (Fsp3) is 0.933. The summed E-state index contributed by atoms with van der Waals surface area (Å²) in [6, 6.07) is 3.54. The molecule has 2 atom stereocenters. The molecule has 0 bridgehead atoms. The van der Waals surface area contributed by atoms with Crippen LogP contribution in [-0.4, -0.2) is 60.1 Å². The monoisotopic (exact) mass is 264 g/mol. The van der Waals surface area contributed by atoms with Crippen LogP contribution in [0.25, 0.3) is 0 Å². The molecule has 1 N–H and O–H groups in total. The molecule has 2 fully saturated rings. The number of nitrogens with one attached hydrogen (secondary N) is 1. The van der Waals surface area contributed by atoms with E-state index in [4.69, 9.17) is 0 Å². The number of piperidine rings is 1. The van der Waals surface area contributed by atoms with E-state index in [1.807, 2.05) is 6.92 Å². The van der Waals surface area contributed by atoms with Crippen molar-refractivity contribution in [3.63, 3.8) is 0 Å². The molecule has 108 valence electrons. The molecule has 0 spiro atoms. The van der Waals surface area contributed by atoms with Crippen molar-refractivity contribution in [2.75, 3.05) is 32.7 Å². The Morgan fingerprint density at radius 2 is 2.11 bits per heavy atom. The van der Waals surface area contributed by atoms with Gasteiger partial charge in [-0.15, -0.1) is 0 Å². The molecule has 0 radical (unpaired) electrons. The van der Waals surface area contributed by atoms with Crippen LogP contribution in [0.1, 0.15) is 40.0 Å². The third-order valence-electron chi connectivity index (χ3n) is 4.32. The molecule has 2 unspecified atom stereocenters. The van der Waals surface area contributed by atoms with E-state index in [-0.39, 0.29) is 0 Å². The number of rotatable bonds is 4. The molecule has 0 amide bonds. The van der Waals surface area contributed by atoms with Gasteiger partial charge >= 0.3 is 0 Å². The summed E-state index contributed by atoms with van der Waals surface area (Å²) in [5, 5.41) is 12.9. The van der Waals surface area contributed by atoms with E-state index in [0.717, 1.165) is 25.7 Å². The number of hydrogen-bond acceptors (Lipinski definition) is 4. The largest absolute Gasteiger partial charge is 0.298 e. The second-order valence-electron chi connectivity index (χ2n) is 6.66. The van der Waals surface area contributed by atoms with Crippen molar-refractivity contribution in [1.29, 1.82) is 5.26 Å². The van der Waals surface area contributed by atoms with Gasteiger partial charge in [0.05, 0.1) is 6.07 Å². The molecule has 0 saturated carbocycles. The molecule has 0 aromatic heterocycles. The standard InChI is InChI=1S/C15H28N4/c1-13(2)17-15(3,11-16)12-18-8-9-19-7-5-4-6-14(19)10-18/h13-14,17H,4-10,12H2,1-3H3. The lowest BCUT2D eigenvalue weighted by Gasteiger charge is -2.45. The average molecular weight is 264 g/mol. The Labute approximate surface area is 117 Å². The van der Waals surface area contributed by atoms with Gasteiger partial charge in [0.15, 0.2) is 0 Å². The molecule has 0 aliphatic carbocycles. The SMILES string of the molecule is CC(C)NC(C)(C#N)CN1CCN2CCCCC2C1. The highest BCUT2D eigenvalue weighted by molar-refractivity contribution is 5.07. The van der Waals surface area contributed by atoms with Crippen LogP contribution in [0.3, 0.4) is 0 Å². The van der Waals surface area contributed by atoms with Crippen molar-refractivity contribution in [3.05, 3.63) is 0 Å². The first-order valence-corrected chi connectivity index (χ1v) is 7.68. The summed E-state index contributed by atoms with van der Waals surface area (Å²) in [5.74, 6) is 0. The van der Waals surface area contributed by atoms with Crippen molar-refractivity contribution in [2.45, 2.75) is 57.7 Å². The highest BCUT2D eigenvalue weighted by atomic mass is 15.3. The van der Waals surface area contributed by atoms with Crippen LogP contribution in [0, 0.1) is 11.3 Å². The molecule has 0 aromatic carbocycles.